The fourth-order valence-electron chi connectivity index (χ4n) is 3.05. The van der Waals surface area contributed by atoms with Gasteiger partial charge in [0.15, 0.2) is 0 Å². The number of carbonyl (C=O) groups is 4. The van der Waals surface area contributed by atoms with Crippen LogP contribution in [0.2, 0.25) is 0 Å². The summed E-state index contributed by atoms with van der Waals surface area (Å²) < 4.78 is 1.49. The first-order chi connectivity index (χ1) is 13.5. The molecule has 1 aromatic heterocycles. The maximum Gasteiger partial charge on any atom is 0.281 e. The number of hydrazine groups is 1. The average molecular weight is 374 g/mol. The molecule has 0 bridgehead atoms. The Kier molecular flexibility index (Phi) is 4.10. The third kappa shape index (κ3) is 2.60. The number of nitrogens with zero attached hydrogens (tertiary/aromatic N) is 3. The van der Waals surface area contributed by atoms with E-state index in [1.54, 1.807) is 73.1 Å². The van der Waals surface area contributed by atoms with E-state index in [0.717, 1.165) is 5.01 Å². The van der Waals surface area contributed by atoms with Crippen molar-refractivity contribution in [3.63, 3.8) is 0 Å². The zero-order valence-electron chi connectivity index (χ0n) is 14.5. The highest BCUT2D eigenvalue weighted by Gasteiger charge is 2.36. The van der Waals surface area contributed by atoms with Crippen LogP contribution in [-0.2, 0) is 0 Å². The van der Waals surface area contributed by atoms with E-state index < -0.39 is 11.8 Å². The summed E-state index contributed by atoms with van der Waals surface area (Å²) in [4.78, 5) is 46.4. The van der Waals surface area contributed by atoms with Crippen molar-refractivity contribution in [1.82, 2.24) is 9.69 Å². The van der Waals surface area contributed by atoms with Gasteiger partial charge in [0.2, 0.25) is 0 Å². The Morgan fingerprint density at radius 2 is 0.893 bits per heavy atom. The third-order valence-electron chi connectivity index (χ3n) is 4.42. The predicted molar refractivity (Wildman–Crippen MR) is 98.9 cm³/mol. The van der Waals surface area contributed by atoms with Crippen LogP contribution in [0.25, 0.3) is 0 Å². The van der Waals surface area contributed by atoms with E-state index in [2.05, 4.69) is 0 Å². The van der Waals surface area contributed by atoms with Crippen LogP contribution in [-0.4, -0.2) is 33.3 Å². The van der Waals surface area contributed by atoms with Crippen molar-refractivity contribution in [2.45, 2.75) is 0 Å². The monoisotopic (exact) mass is 374 g/mol. The maximum absolute atomic E-state index is 12.0. The van der Waals surface area contributed by atoms with Crippen LogP contribution in [0.15, 0.2) is 73.1 Å². The molecule has 0 atom stereocenters. The summed E-state index contributed by atoms with van der Waals surface area (Å²) in [6, 6.07) is 16.9. The second kappa shape index (κ2) is 6.60. The Balaban J connectivity index is 0.000000143. The molecule has 138 valence electrons. The van der Waals surface area contributed by atoms with Gasteiger partial charge in [-0.2, -0.15) is 5.01 Å². The molecule has 0 unspecified atom stereocenters. The molecule has 0 aliphatic carbocycles. The topological polar surface area (TPSA) is 106 Å². The summed E-state index contributed by atoms with van der Waals surface area (Å²) in [5.74, 6) is 3.78. The minimum atomic E-state index is -0.435. The van der Waals surface area contributed by atoms with Gasteiger partial charge in [0.1, 0.15) is 0 Å². The highest BCUT2D eigenvalue weighted by Crippen LogP contribution is 2.21. The normalized spacial score (nSPS) is 14.8. The van der Waals surface area contributed by atoms with Crippen molar-refractivity contribution in [1.29, 1.82) is 0 Å². The Bertz CT molecular complexity index is 1050. The molecule has 8 nitrogen and oxygen atoms in total. The first kappa shape index (κ1) is 17.4. The van der Waals surface area contributed by atoms with E-state index in [1.807, 2.05) is 0 Å². The number of imide groups is 2. The average Bonchev–Trinajstić information content (AvgIpc) is 3.39. The molecule has 28 heavy (non-hydrogen) atoms. The zero-order chi connectivity index (χ0) is 19.8. The van der Waals surface area contributed by atoms with Gasteiger partial charge in [-0.25, -0.2) is 10.9 Å². The predicted octanol–water partition coefficient (Wildman–Crippen LogP) is 1.58. The standard InChI is InChI=1S/C12H8N2O2.C8H6N2O2/c15-11-9-5-1-2-6-10(9)12(16)14(11)13-7-3-4-8-13;9-10-7(11)5-3-1-2-4-6(5)8(10)12/h1-8H;1-4H,9H2. The molecular weight excluding hydrogens is 360 g/mol. The highest BCUT2D eigenvalue weighted by molar-refractivity contribution is 6.30. The van der Waals surface area contributed by atoms with Gasteiger partial charge in [-0.3, -0.25) is 23.9 Å². The van der Waals surface area contributed by atoms with Crippen LogP contribution in [0.4, 0.5) is 0 Å². The van der Waals surface area contributed by atoms with Gasteiger partial charge in [0, 0.05) is 12.4 Å². The lowest BCUT2D eigenvalue weighted by molar-refractivity contribution is 0.0653. The minimum absolute atomic E-state index is 0.281. The number of carbonyl (C=O) groups excluding carboxylic acids is 4. The van der Waals surface area contributed by atoms with E-state index in [9.17, 15) is 19.2 Å². The smallest absolute Gasteiger partial charge is 0.267 e. The van der Waals surface area contributed by atoms with Crippen molar-refractivity contribution < 1.29 is 19.2 Å². The molecule has 2 aliphatic rings. The molecule has 2 aromatic carbocycles. The largest absolute Gasteiger partial charge is 0.281 e. The second-order valence-electron chi connectivity index (χ2n) is 6.06. The third-order valence-corrected chi connectivity index (χ3v) is 4.42. The van der Waals surface area contributed by atoms with Crippen molar-refractivity contribution in [3.8, 4) is 0 Å². The van der Waals surface area contributed by atoms with Crippen LogP contribution >= 0.6 is 0 Å². The summed E-state index contributed by atoms with van der Waals surface area (Å²) >= 11 is 0. The second-order valence-corrected chi connectivity index (χ2v) is 6.06. The van der Waals surface area contributed by atoms with Gasteiger partial charge >= 0.3 is 0 Å². The molecule has 3 heterocycles. The molecule has 3 aromatic rings. The summed E-state index contributed by atoms with van der Waals surface area (Å²) in [5, 5.41) is 1.76. The number of nitrogens with two attached hydrogens (primary N) is 1. The van der Waals surface area contributed by atoms with Gasteiger partial charge < -0.3 is 0 Å². The van der Waals surface area contributed by atoms with E-state index >= 15 is 0 Å². The number of amides is 4. The molecular formula is C20H14N4O4. The summed E-state index contributed by atoms with van der Waals surface area (Å²) in [6.07, 6.45) is 3.34. The van der Waals surface area contributed by atoms with Crippen molar-refractivity contribution >= 4 is 23.6 Å². The molecule has 2 N–H and O–H groups in total. The Hall–Kier alpha value is -4.04. The SMILES string of the molecule is NN1C(=O)c2ccccc2C1=O.O=C1c2ccccc2C(=O)N1n1cccc1. The molecule has 0 saturated carbocycles. The number of rotatable bonds is 1. The number of aromatic nitrogens is 1. The Labute approximate surface area is 159 Å². The van der Waals surface area contributed by atoms with E-state index in [-0.39, 0.29) is 11.8 Å². The molecule has 2 aliphatic heterocycles. The summed E-state index contributed by atoms with van der Waals surface area (Å²) in [5.41, 5.74) is 1.68. The fraction of sp³-hybridized carbons (Fsp3) is 0. The van der Waals surface area contributed by atoms with Crippen LogP contribution in [0.3, 0.4) is 0 Å². The molecule has 0 saturated heterocycles. The number of fused-ring (bicyclic) bond motifs is 2. The lowest BCUT2D eigenvalue weighted by Gasteiger charge is -2.14. The van der Waals surface area contributed by atoms with Crippen LogP contribution in [0.5, 0.6) is 0 Å². The number of benzene rings is 2. The lowest BCUT2D eigenvalue weighted by atomic mass is 10.1. The van der Waals surface area contributed by atoms with E-state index in [1.165, 1.54) is 4.68 Å². The van der Waals surface area contributed by atoms with Gasteiger partial charge in [-0.15, -0.1) is 0 Å². The molecule has 0 fully saturated rings. The lowest BCUT2D eigenvalue weighted by Crippen LogP contribution is -2.38. The Morgan fingerprint density at radius 3 is 1.29 bits per heavy atom. The van der Waals surface area contributed by atoms with Crippen LogP contribution in [0, 0.1) is 0 Å². The van der Waals surface area contributed by atoms with Crippen LogP contribution in [0.1, 0.15) is 41.4 Å². The quantitative estimate of drug-likeness (QED) is 0.395. The zero-order valence-corrected chi connectivity index (χ0v) is 14.5. The summed E-state index contributed by atoms with van der Waals surface area (Å²) in [7, 11) is 0. The summed E-state index contributed by atoms with van der Waals surface area (Å²) in [6.45, 7) is 0. The number of hydrogen-bond acceptors (Lipinski definition) is 5. The van der Waals surface area contributed by atoms with Crippen molar-refractivity contribution in [3.05, 3.63) is 95.3 Å². The molecule has 8 heteroatoms. The van der Waals surface area contributed by atoms with E-state index in [4.69, 9.17) is 5.84 Å². The minimum Gasteiger partial charge on any atom is -0.267 e. The molecule has 4 amide bonds. The van der Waals surface area contributed by atoms with E-state index in [0.29, 0.717) is 27.3 Å². The molecule has 5 rings (SSSR count). The molecule has 0 radical (unpaired) electrons. The highest BCUT2D eigenvalue weighted by atomic mass is 16.2. The first-order valence-electron chi connectivity index (χ1n) is 8.34. The van der Waals surface area contributed by atoms with Gasteiger partial charge in [0.05, 0.1) is 22.3 Å². The maximum atomic E-state index is 12.0. The fourth-order valence-corrected chi connectivity index (χ4v) is 3.05. The van der Waals surface area contributed by atoms with Crippen molar-refractivity contribution in [2.75, 3.05) is 5.01 Å². The first-order valence-corrected chi connectivity index (χ1v) is 8.34. The van der Waals surface area contributed by atoms with Crippen LogP contribution < -0.4 is 10.9 Å². The van der Waals surface area contributed by atoms with Gasteiger partial charge in [0.25, 0.3) is 23.6 Å². The van der Waals surface area contributed by atoms with Gasteiger partial charge in [-0.1, -0.05) is 24.3 Å². The number of hydrogen-bond donors (Lipinski definition) is 1. The van der Waals surface area contributed by atoms with Gasteiger partial charge in [-0.05, 0) is 36.4 Å². The van der Waals surface area contributed by atoms with Crippen molar-refractivity contribution in [2.24, 2.45) is 5.84 Å². The molecule has 0 spiro atoms. The Morgan fingerprint density at radius 1 is 0.536 bits per heavy atom.